The first-order valence-corrected chi connectivity index (χ1v) is 18.9. The number of amides is 1. The average Bonchev–Trinajstić information content (AvgIpc) is 3.28. The highest BCUT2D eigenvalue weighted by Crippen LogP contribution is 2.29. The normalized spacial score (nSPS) is 16.7. The minimum Gasteiger partial charge on any atom is -0.493 e. The number of ether oxygens (including phenoxy) is 4. The standard InChI is InChI=1S/C43H55N5O9/c1-29-18-40(54-7)41(24-37(29)44-3)56-27-32-19-31(20-35(21-32)47(4)16-10-15-43(52)57-48(5)42(51)14-11-17-49)26-55-30(2)39(53-6)23-34-25-45-28-46-36-13-9-8-12-33(36)22-38(34)50/h8-9,12-13,17-21,23,37,45-46H,3,10-11,14-16,22,24-28H2,1-2,4-7H3/b34-23+,39-30-. The Balaban J connectivity index is 1.52. The van der Waals surface area contributed by atoms with Crippen LogP contribution in [0.4, 0.5) is 11.4 Å². The number of aliphatic imine (C=N–C) groups is 1. The second-order valence-electron chi connectivity index (χ2n) is 13.8. The number of hydroxylamine groups is 2. The quantitative estimate of drug-likeness (QED) is 0.0626. The number of Topliss-reactive ketones (excluding diaryl/α,β-unsaturated/α-hetero) is 1. The number of para-hydroxylation sites is 1. The molecule has 0 bridgehead atoms. The number of rotatable bonds is 18. The summed E-state index contributed by atoms with van der Waals surface area (Å²) in [6.45, 7) is 9.30. The maximum atomic E-state index is 13.4. The molecule has 0 aromatic heterocycles. The van der Waals surface area contributed by atoms with Crippen LogP contribution in [0.2, 0.25) is 0 Å². The lowest BCUT2D eigenvalue weighted by molar-refractivity contribution is -0.192. The van der Waals surface area contributed by atoms with E-state index in [9.17, 15) is 19.2 Å². The van der Waals surface area contributed by atoms with Gasteiger partial charge in [-0.25, -0.2) is 4.79 Å². The molecule has 1 amide bonds. The Bertz CT molecular complexity index is 1900. The molecule has 2 aliphatic rings. The van der Waals surface area contributed by atoms with Crippen molar-refractivity contribution in [3.05, 3.63) is 105 Å². The first-order chi connectivity index (χ1) is 27.5. The van der Waals surface area contributed by atoms with Crippen LogP contribution in [0.5, 0.6) is 0 Å². The van der Waals surface area contributed by atoms with Gasteiger partial charge in [-0.05, 0) is 85.7 Å². The van der Waals surface area contributed by atoms with E-state index in [0.29, 0.717) is 67.5 Å². The highest BCUT2D eigenvalue weighted by Gasteiger charge is 2.23. The summed E-state index contributed by atoms with van der Waals surface area (Å²) in [5, 5.41) is 7.48. The topological polar surface area (TPSA) is 157 Å². The zero-order valence-corrected chi connectivity index (χ0v) is 33.9. The number of allylic oxidation sites excluding steroid dienone is 3. The zero-order chi connectivity index (χ0) is 41.3. The average molecular weight is 786 g/mol. The fourth-order valence-electron chi connectivity index (χ4n) is 6.26. The Hall–Kier alpha value is -5.89. The van der Waals surface area contributed by atoms with E-state index in [1.54, 1.807) is 27.2 Å². The summed E-state index contributed by atoms with van der Waals surface area (Å²) < 4.78 is 24.0. The van der Waals surface area contributed by atoms with E-state index >= 15 is 0 Å². The molecule has 0 radical (unpaired) electrons. The molecule has 1 aliphatic heterocycles. The van der Waals surface area contributed by atoms with E-state index in [4.69, 9.17) is 23.8 Å². The van der Waals surface area contributed by atoms with Crippen LogP contribution >= 0.6 is 0 Å². The molecule has 14 nitrogen and oxygen atoms in total. The second kappa shape index (κ2) is 22.0. The molecule has 306 valence electrons. The van der Waals surface area contributed by atoms with Gasteiger partial charge in [-0.1, -0.05) is 18.2 Å². The van der Waals surface area contributed by atoms with Crippen molar-refractivity contribution in [1.82, 2.24) is 10.4 Å². The molecule has 2 N–H and O–H groups in total. The van der Waals surface area contributed by atoms with Crippen LogP contribution in [0, 0.1) is 0 Å². The van der Waals surface area contributed by atoms with Gasteiger partial charge in [-0.3, -0.25) is 19.9 Å². The number of nitrogens with zero attached hydrogens (tertiary/aromatic N) is 3. The minimum absolute atomic E-state index is 0.0182. The Morgan fingerprint density at radius 2 is 1.82 bits per heavy atom. The first kappa shape index (κ1) is 43.8. The van der Waals surface area contributed by atoms with Gasteiger partial charge in [0, 0.05) is 76.2 Å². The number of aldehydes is 1. The van der Waals surface area contributed by atoms with Crippen LogP contribution in [-0.2, 0) is 62.6 Å². The Morgan fingerprint density at radius 3 is 2.54 bits per heavy atom. The highest BCUT2D eigenvalue weighted by atomic mass is 16.7. The number of nitrogens with one attached hydrogen (secondary N) is 2. The van der Waals surface area contributed by atoms with Crippen molar-refractivity contribution in [2.24, 2.45) is 4.99 Å². The van der Waals surface area contributed by atoms with Gasteiger partial charge in [-0.15, -0.1) is 0 Å². The van der Waals surface area contributed by atoms with Crippen molar-refractivity contribution in [2.45, 2.75) is 71.6 Å². The molecule has 14 heteroatoms. The third-order valence-corrected chi connectivity index (χ3v) is 9.58. The number of hydrogen-bond acceptors (Lipinski definition) is 13. The predicted octanol–water partition coefficient (Wildman–Crippen LogP) is 5.70. The molecule has 57 heavy (non-hydrogen) atoms. The van der Waals surface area contributed by atoms with Gasteiger partial charge in [0.2, 0.25) is 0 Å². The molecule has 2 aromatic carbocycles. The smallest absolute Gasteiger partial charge is 0.332 e. The molecule has 1 atom stereocenters. The van der Waals surface area contributed by atoms with Crippen LogP contribution < -0.4 is 15.5 Å². The lowest BCUT2D eigenvalue weighted by Crippen LogP contribution is -2.30. The molecule has 1 aliphatic carbocycles. The Labute approximate surface area is 335 Å². The molecule has 4 rings (SSSR count). The number of methoxy groups -OCH3 is 2. The van der Waals surface area contributed by atoms with E-state index < -0.39 is 11.9 Å². The summed E-state index contributed by atoms with van der Waals surface area (Å²) in [5.41, 5.74) is 6.04. The maximum absolute atomic E-state index is 13.4. The summed E-state index contributed by atoms with van der Waals surface area (Å²) in [5.74, 6) is 1.24. The number of fused-ring (bicyclic) bond motifs is 1. The predicted molar refractivity (Wildman–Crippen MR) is 218 cm³/mol. The molecule has 0 saturated heterocycles. The Morgan fingerprint density at radius 1 is 1.07 bits per heavy atom. The van der Waals surface area contributed by atoms with E-state index in [1.165, 1.54) is 7.05 Å². The van der Waals surface area contributed by atoms with E-state index in [2.05, 4.69) is 22.3 Å². The molecule has 0 fully saturated rings. The minimum atomic E-state index is -0.548. The van der Waals surface area contributed by atoms with Crippen molar-refractivity contribution < 1.29 is 43.0 Å². The molecule has 2 aromatic rings. The zero-order valence-electron chi connectivity index (χ0n) is 33.9. The van der Waals surface area contributed by atoms with Crippen molar-refractivity contribution >= 4 is 42.0 Å². The summed E-state index contributed by atoms with van der Waals surface area (Å²) in [6, 6.07) is 13.7. The largest absolute Gasteiger partial charge is 0.493 e. The van der Waals surface area contributed by atoms with Crippen LogP contribution in [0.25, 0.3) is 0 Å². The van der Waals surface area contributed by atoms with Gasteiger partial charge in [0.25, 0.3) is 5.91 Å². The SMILES string of the molecule is C=NC1CC(OCc2cc(CO/C(C)=C(/C=C3\CNCNc4ccccc4CC3=O)OC)cc(N(C)CCCC(=O)ON(C)C(=O)CCC=O)c2)=C(OC)C=C1C. The summed E-state index contributed by atoms with van der Waals surface area (Å²) in [4.78, 5) is 59.9. The first-order valence-electron chi connectivity index (χ1n) is 18.9. The van der Waals surface area contributed by atoms with E-state index in [1.807, 2.05) is 67.4 Å². The van der Waals surface area contributed by atoms with Gasteiger partial charge >= 0.3 is 5.97 Å². The number of benzene rings is 2. The fourth-order valence-corrected chi connectivity index (χ4v) is 6.26. The van der Waals surface area contributed by atoms with Crippen molar-refractivity contribution in [1.29, 1.82) is 0 Å². The number of carbonyl (C=O) groups is 4. The Kier molecular flexibility index (Phi) is 16.9. The van der Waals surface area contributed by atoms with Gasteiger partial charge in [-0.2, -0.15) is 5.06 Å². The molecule has 0 spiro atoms. The van der Waals surface area contributed by atoms with Gasteiger partial charge in [0.1, 0.15) is 31.0 Å². The van der Waals surface area contributed by atoms with Crippen LogP contribution in [0.1, 0.15) is 62.6 Å². The van der Waals surface area contributed by atoms with E-state index in [0.717, 1.165) is 38.7 Å². The third kappa shape index (κ3) is 13.1. The van der Waals surface area contributed by atoms with Crippen molar-refractivity contribution in [2.75, 3.05) is 58.3 Å². The molecular weight excluding hydrogens is 730 g/mol. The molecular formula is C43H55N5O9. The monoisotopic (exact) mass is 785 g/mol. The van der Waals surface area contributed by atoms with Crippen LogP contribution in [0.3, 0.4) is 0 Å². The summed E-state index contributed by atoms with van der Waals surface area (Å²) in [7, 11) is 6.43. The number of anilines is 2. The van der Waals surface area contributed by atoms with Crippen molar-refractivity contribution in [3.8, 4) is 0 Å². The van der Waals surface area contributed by atoms with Crippen molar-refractivity contribution in [3.63, 3.8) is 0 Å². The van der Waals surface area contributed by atoms with Gasteiger partial charge < -0.3 is 38.8 Å². The highest BCUT2D eigenvalue weighted by molar-refractivity contribution is 5.98. The maximum Gasteiger partial charge on any atom is 0.332 e. The molecule has 1 heterocycles. The third-order valence-electron chi connectivity index (χ3n) is 9.58. The van der Waals surface area contributed by atoms with Crippen LogP contribution in [0.15, 0.2) is 93.8 Å². The van der Waals surface area contributed by atoms with Gasteiger partial charge in [0.05, 0.1) is 26.9 Å². The number of carbonyl (C=O) groups excluding carboxylic acids is 4. The van der Waals surface area contributed by atoms with Crippen LogP contribution in [-0.4, -0.2) is 89.8 Å². The van der Waals surface area contributed by atoms with E-state index in [-0.39, 0.29) is 50.7 Å². The molecule has 0 saturated carbocycles. The number of hydrogen-bond donors (Lipinski definition) is 2. The number of ketones is 1. The lowest BCUT2D eigenvalue weighted by Gasteiger charge is -2.24. The summed E-state index contributed by atoms with van der Waals surface area (Å²) >= 11 is 0. The lowest BCUT2D eigenvalue weighted by atomic mass is 9.98. The summed E-state index contributed by atoms with van der Waals surface area (Å²) in [6.07, 6.45) is 5.64. The van der Waals surface area contributed by atoms with Gasteiger partial charge in [0.15, 0.2) is 17.3 Å². The molecule has 1 unspecified atom stereocenters. The fraction of sp³-hybridized carbons (Fsp3) is 0.419. The second-order valence-corrected chi connectivity index (χ2v) is 13.8.